The molecule has 0 atom stereocenters. The van der Waals surface area contributed by atoms with E-state index in [1.807, 2.05) is 24.8 Å². The summed E-state index contributed by atoms with van der Waals surface area (Å²) in [6.07, 6.45) is 1.66. The van der Waals surface area contributed by atoms with E-state index >= 15 is 0 Å². The normalized spacial score (nSPS) is 15.2. The summed E-state index contributed by atoms with van der Waals surface area (Å²) in [7, 11) is 0. The summed E-state index contributed by atoms with van der Waals surface area (Å²) in [5, 5.41) is 3.91. The zero-order valence-corrected chi connectivity index (χ0v) is 16.3. The number of hydrogen-bond acceptors (Lipinski definition) is 4. The van der Waals surface area contributed by atoms with E-state index in [9.17, 15) is 4.79 Å². The fraction of sp³-hybridized carbons (Fsp3) is 0.400. The molecular formula is C20H25ClN4O. The maximum atomic E-state index is 12.8. The second-order valence-corrected chi connectivity index (χ2v) is 7.13. The van der Waals surface area contributed by atoms with Crippen LogP contribution in [0.1, 0.15) is 28.4 Å². The zero-order chi connectivity index (χ0) is 18.7. The van der Waals surface area contributed by atoms with Gasteiger partial charge in [0.25, 0.3) is 5.91 Å². The highest BCUT2D eigenvalue weighted by molar-refractivity contribution is 6.33. The molecule has 1 amide bonds. The quantitative estimate of drug-likeness (QED) is 0.884. The predicted octanol–water partition coefficient (Wildman–Crippen LogP) is 3.87. The number of carbonyl (C=O) groups is 1. The van der Waals surface area contributed by atoms with Crippen molar-refractivity contribution < 1.29 is 4.79 Å². The van der Waals surface area contributed by atoms with Crippen molar-refractivity contribution in [2.75, 3.05) is 38.0 Å². The molecule has 0 saturated carbocycles. The number of hydrogen-bond donors (Lipinski definition) is 1. The van der Waals surface area contributed by atoms with Crippen molar-refractivity contribution in [3.05, 3.63) is 52.2 Å². The van der Waals surface area contributed by atoms with Gasteiger partial charge in [0.15, 0.2) is 0 Å². The topological polar surface area (TPSA) is 48.5 Å². The Kier molecular flexibility index (Phi) is 5.79. The van der Waals surface area contributed by atoms with E-state index in [0.29, 0.717) is 16.4 Å². The highest BCUT2D eigenvalue weighted by atomic mass is 35.5. The van der Waals surface area contributed by atoms with Crippen molar-refractivity contribution in [3.8, 4) is 0 Å². The van der Waals surface area contributed by atoms with Crippen molar-refractivity contribution >= 4 is 29.0 Å². The van der Waals surface area contributed by atoms with E-state index < -0.39 is 0 Å². The van der Waals surface area contributed by atoms with Crippen LogP contribution in [0.2, 0.25) is 5.02 Å². The monoisotopic (exact) mass is 372 g/mol. The van der Waals surface area contributed by atoms with Gasteiger partial charge < -0.3 is 15.1 Å². The van der Waals surface area contributed by atoms with Crippen molar-refractivity contribution in [1.29, 1.82) is 0 Å². The van der Waals surface area contributed by atoms with E-state index in [2.05, 4.69) is 28.2 Å². The Hall–Kier alpha value is -2.11. The molecule has 0 radical (unpaired) electrons. The van der Waals surface area contributed by atoms with Crippen molar-refractivity contribution in [2.45, 2.75) is 20.8 Å². The molecule has 1 aliphatic heterocycles. The minimum Gasteiger partial charge on any atom is -0.339 e. The van der Waals surface area contributed by atoms with Gasteiger partial charge in [-0.2, -0.15) is 0 Å². The number of aryl methyl sites for hydroxylation is 2. The third-order valence-electron chi connectivity index (χ3n) is 4.80. The van der Waals surface area contributed by atoms with Gasteiger partial charge in [-0.15, -0.1) is 0 Å². The number of halogens is 1. The summed E-state index contributed by atoms with van der Waals surface area (Å²) in [5.74, 6) is 0.676. The number of rotatable bonds is 4. The standard InChI is InChI=1S/C20H25ClN4O/c1-4-24-7-9-25(10-8-24)20(26)16-5-6-22-18(13-16)23-19-15(3)11-14(2)12-17(19)21/h5-6,11-13H,4,7-10H2,1-3H3,(H,22,23). The third-order valence-corrected chi connectivity index (χ3v) is 5.10. The number of likely N-dealkylation sites (N-methyl/N-ethyl adjacent to an activating group) is 1. The number of carbonyl (C=O) groups excluding carboxylic acids is 1. The summed E-state index contributed by atoms with van der Waals surface area (Å²) in [5.41, 5.74) is 3.63. The Bertz CT molecular complexity index is 777. The largest absolute Gasteiger partial charge is 0.339 e. The van der Waals surface area contributed by atoms with Crippen LogP contribution in [0.15, 0.2) is 30.5 Å². The summed E-state index contributed by atoms with van der Waals surface area (Å²) in [6.45, 7) is 10.6. The van der Waals surface area contributed by atoms with Crippen LogP contribution in [0.5, 0.6) is 0 Å². The number of anilines is 2. The predicted molar refractivity (Wildman–Crippen MR) is 106 cm³/mol. The molecule has 2 heterocycles. The van der Waals surface area contributed by atoms with Crippen LogP contribution in [-0.2, 0) is 0 Å². The first-order chi connectivity index (χ1) is 12.5. The fourth-order valence-corrected chi connectivity index (χ4v) is 3.65. The molecule has 26 heavy (non-hydrogen) atoms. The Morgan fingerprint density at radius 1 is 1.19 bits per heavy atom. The number of nitrogens with one attached hydrogen (secondary N) is 1. The second kappa shape index (κ2) is 8.06. The lowest BCUT2D eigenvalue weighted by atomic mass is 10.1. The molecule has 5 nitrogen and oxygen atoms in total. The van der Waals surface area contributed by atoms with E-state index in [1.165, 1.54) is 0 Å². The molecule has 1 N–H and O–H groups in total. The van der Waals surface area contributed by atoms with E-state index in [-0.39, 0.29) is 5.91 Å². The van der Waals surface area contributed by atoms with Gasteiger partial charge in [0.1, 0.15) is 5.82 Å². The van der Waals surface area contributed by atoms with Crippen molar-refractivity contribution in [2.24, 2.45) is 0 Å². The Balaban J connectivity index is 1.76. The van der Waals surface area contributed by atoms with Gasteiger partial charge in [-0.25, -0.2) is 4.98 Å². The first-order valence-corrected chi connectivity index (χ1v) is 9.37. The molecule has 3 rings (SSSR count). The van der Waals surface area contributed by atoms with Crippen LogP contribution in [0.3, 0.4) is 0 Å². The fourth-order valence-electron chi connectivity index (χ4n) is 3.28. The third kappa shape index (κ3) is 4.17. The van der Waals surface area contributed by atoms with Crippen LogP contribution in [-0.4, -0.2) is 53.4 Å². The first kappa shape index (κ1) is 18.7. The van der Waals surface area contributed by atoms with Gasteiger partial charge in [0.2, 0.25) is 0 Å². The number of piperazine rings is 1. The summed E-state index contributed by atoms with van der Waals surface area (Å²) >= 11 is 6.37. The van der Waals surface area contributed by atoms with E-state index in [4.69, 9.17) is 11.6 Å². The molecule has 1 aromatic heterocycles. The van der Waals surface area contributed by atoms with Gasteiger partial charge in [-0.1, -0.05) is 24.6 Å². The van der Waals surface area contributed by atoms with Gasteiger partial charge in [0, 0.05) is 37.9 Å². The molecule has 0 unspecified atom stereocenters. The van der Waals surface area contributed by atoms with Crippen LogP contribution in [0, 0.1) is 13.8 Å². The van der Waals surface area contributed by atoms with Crippen LogP contribution < -0.4 is 5.32 Å². The van der Waals surface area contributed by atoms with Crippen LogP contribution >= 0.6 is 11.6 Å². The highest BCUT2D eigenvalue weighted by Crippen LogP contribution is 2.30. The maximum absolute atomic E-state index is 12.8. The number of pyridine rings is 1. The van der Waals surface area contributed by atoms with Crippen molar-refractivity contribution in [1.82, 2.24) is 14.8 Å². The lowest BCUT2D eigenvalue weighted by molar-refractivity contribution is 0.0643. The molecule has 1 aliphatic rings. The average Bonchev–Trinajstić information content (AvgIpc) is 2.64. The SMILES string of the molecule is CCN1CCN(C(=O)c2ccnc(Nc3c(C)cc(C)cc3Cl)c2)CC1. The second-order valence-electron chi connectivity index (χ2n) is 6.72. The van der Waals surface area contributed by atoms with Gasteiger partial charge in [0.05, 0.1) is 10.7 Å². The maximum Gasteiger partial charge on any atom is 0.254 e. The minimum absolute atomic E-state index is 0.0536. The Labute approximate surface area is 160 Å². The van der Waals surface area contributed by atoms with Crippen LogP contribution in [0.4, 0.5) is 11.5 Å². The molecule has 6 heteroatoms. The van der Waals surface area contributed by atoms with Crippen LogP contribution in [0.25, 0.3) is 0 Å². The molecule has 0 bridgehead atoms. The van der Waals surface area contributed by atoms with Gasteiger partial charge in [-0.05, 0) is 49.7 Å². The number of benzene rings is 1. The molecule has 138 valence electrons. The molecule has 1 fully saturated rings. The lowest BCUT2D eigenvalue weighted by Crippen LogP contribution is -2.48. The molecule has 1 saturated heterocycles. The summed E-state index contributed by atoms with van der Waals surface area (Å²) in [4.78, 5) is 21.4. The molecular weight excluding hydrogens is 348 g/mol. The average molecular weight is 373 g/mol. The Morgan fingerprint density at radius 2 is 1.92 bits per heavy atom. The zero-order valence-electron chi connectivity index (χ0n) is 15.6. The first-order valence-electron chi connectivity index (χ1n) is 8.99. The van der Waals surface area contributed by atoms with Gasteiger partial charge in [-0.3, -0.25) is 4.79 Å². The molecule has 0 spiro atoms. The Morgan fingerprint density at radius 3 is 2.58 bits per heavy atom. The number of amides is 1. The molecule has 1 aromatic carbocycles. The minimum atomic E-state index is 0.0536. The van der Waals surface area contributed by atoms with E-state index in [1.54, 1.807) is 18.3 Å². The smallest absolute Gasteiger partial charge is 0.254 e. The lowest BCUT2D eigenvalue weighted by Gasteiger charge is -2.34. The highest BCUT2D eigenvalue weighted by Gasteiger charge is 2.21. The number of aromatic nitrogens is 1. The van der Waals surface area contributed by atoms with Gasteiger partial charge >= 0.3 is 0 Å². The summed E-state index contributed by atoms with van der Waals surface area (Å²) in [6, 6.07) is 7.54. The summed E-state index contributed by atoms with van der Waals surface area (Å²) < 4.78 is 0. The van der Waals surface area contributed by atoms with Crippen molar-refractivity contribution in [3.63, 3.8) is 0 Å². The van der Waals surface area contributed by atoms with E-state index in [0.717, 1.165) is 49.5 Å². The molecule has 2 aromatic rings. The molecule has 0 aliphatic carbocycles. The number of nitrogens with zero attached hydrogens (tertiary/aromatic N) is 3.